The maximum absolute atomic E-state index is 10.3. The molecule has 2 rings (SSSR count). The van der Waals surface area contributed by atoms with Gasteiger partial charge in [0, 0.05) is 32.2 Å². The van der Waals surface area contributed by atoms with E-state index >= 15 is 0 Å². The highest BCUT2D eigenvalue weighted by Gasteiger charge is 2.19. The van der Waals surface area contributed by atoms with E-state index in [0.29, 0.717) is 12.6 Å². The van der Waals surface area contributed by atoms with Gasteiger partial charge in [0.2, 0.25) is 0 Å². The van der Waals surface area contributed by atoms with E-state index in [0.717, 1.165) is 45.0 Å². The summed E-state index contributed by atoms with van der Waals surface area (Å²) in [6, 6.07) is 8.47. The zero-order chi connectivity index (χ0) is 16.7. The number of hydrogen-bond donors (Lipinski definition) is 1. The molecule has 2 atom stereocenters. The number of benzene rings is 1. The number of hydrogen-bond acceptors (Lipinski definition) is 5. The minimum absolute atomic E-state index is 0.335. The van der Waals surface area contributed by atoms with Gasteiger partial charge >= 0.3 is 0 Å². The molecule has 1 aliphatic heterocycles. The van der Waals surface area contributed by atoms with E-state index in [9.17, 15) is 5.11 Å². The maximum Gasteiger partial charge on any atom is 0.122 e. The molecule has 0 saturated carbocycles. The van der Waals surface area contributed by atoms with Gasteiger partial charge in [0.1, 0.15) is 5.75 Å². The molecule has 1 saturated heterocycles. The first-order chi connectivity index (χ1) is 11.1. The molecule has 1 aromatic carbocycles. The normalized spacial score (nSPS) is 18.8. The molecule has 2 unspecified atom stereocenters. The summed E-state index contributed by atoms with van der Waals surface area (Å²) in [7, 11) is 3.78. The van der Waals surface area contributed by atoms with Gasteiger partial charge in [-0.1, -0.05) is 18.2 Å². The fourth-order valence-electron chi connectivity index (χ4n) is 3.00. The monoisotopic (exact) mass is 322 g/mol. The number of para-hydroxylation sites is 1. The lowest BCUT2D eigenvalue weighted by atomic mass is 10.0. The largest absolute Gasteiger partial charge is 0.496 e. The molecule has 5 heteroatoms. The Bertz CT molecular complexity index is 463. The third-order valence-electron chi connectivity index (χ3n) is 4.53. The third-order valence-corrected chi connectivity index (χ3v) is 4.53. The van der Waals surface area contributed by atoms with Gasteiger partial charge in [0.05, 0.1) is 26.4 Å². The van der Waals surface area contributed by atoms with Crippen LogP contribution < -0.4 is 4.74 Å². The molecule has 1 N–H and O–H groups in total. The molecule has 0 radical (unpaired) electrons. The molecule has 1 heterocycles. The molecular formula is C18H30N2O3. The van der Waals surface area contributed by atoms with Crippen LogP contribution in [0.2, 0.25) is 0 Å². The molecule has 1 aromatic rings. The Morgan fingerprint density at radius 1 is 1.30 bits per heavy atom. The fraction of sp³-hybridized carbons (Fsp3) is 0.667. The Labute approximate surface area is 139 Å². The van der Waals surface area contributed by atoms with Crippen LogP contribution in [-0.2, 0) is 11.2 Å². The topological polar surface area (TPSA) is 45.2 Å². The first-order valence-electron chi connectivity index (χ1n) is 8.40. The van der Waals surface area contributed by atoms with Crippen LogP contribution >= 0.6 is 0 Å². The number of likely N-dealkylation sites (N-methyl/N-ethyl adjacent to an activating group) is 1. The Morgan fingerprint density at radius 3 is 2.70 bits per heavy atom. The van der Waals surface area contributed by atoms with E-state index in [1.165, 1.54) is 5.56 Å². The van der Waals surface area contributed by atoms with Crippen LogP contribution in [0.1, 0.15) is 12.5 Å². The molecule has 0 spiro atoms. The molecular weight excluding hydrogens is 292 g/mol. The fourth-order valence-corrected chi connectivity index (χ4v) is 3.00. The maximum atomic E-state index is 10.3. The number of methoxy groups -OCH3 is 1. The van der Waals surface area contributed by atoms with Crippen molar-refractivity contribution in [2.75, 3.05) is 53.6 Å². The van der Waals surface area contributed by atoms with Crippen molar-refractivity contribution in [2.45, 2.75) is 25.5 Å². The molecule has 0 bridgehead atoms. The molecule has 0 amide bonds. The van der Waals surface area contributed by atoms with Crippen molar-refractivity contribution in [3.8, 4) is 5.75 Å². The van der Waals surface area contributed by atoms with E-state index in [4.69, 9.17) is 9.47 Å². The lowest BCUT2D eigenvalue weighted by molar-refractivity contribution is 0.00632. The third kappa shape index (κ3) is 5.77. The highest BCUT2D eigenvalue weighted by atomic mass is 16.5. The zero-order valence-electron chi connectivity index (χ0n) is 14.6. The predicted molar refractivity (Wildman–Crippen MR) is 92.1 cm³/mol. The number of β-amino-alcohol motifs (C(OH)–C–C–N with tert-alkyl or cyclic N) is 1. The number of nitrogens with zero attached hydrogens (tertiary/aromatic N) is 2. The number of aliphatic hydroxyl groups is 1. The highest BCUT2D eigenvalue weighted by molar-refractivity contribution is 5.33. The summed E-state index contributed by atoms with van der Waals surface area (Å²) in [5.74, 6) is 0.932. The quantitative estimate of drug-likeness (QED) is 0.780. The predicted octanol–water partition coefficient (Wildman–Crippen LogP) is 1.25. The van der Waals surface area contributed by atoms with E-state index < -0.39 is 0 Å². The molecule has 130 valence electrons. The minimum Gasteiger partial charge on any atom is -0.496 e. The van der Waals surface area contributed by atoms with Crippen LogP contribution in [-0.4, -0.2) is 80.6 Å². The van der Waals surface area contributed by atoms with Gasteiger partial charge in [-0.05, 0) is 32.0 Å². The summed E-state index contributed by atoms with van der Waals surface area (Å²) in [5, 5.41) is 10.3. The zero-order valence-corrected chi connectivity index (χ0v) is 14.6. The van der Waals surface area contributed by atoms with Crippen molar-refractivity contribution in [3.63, 3.8) is 0 Å². The van der Waals surface area contributed by atoms with Crippen LogP contribution in [0.15, 0.2) is 24.3 Å². The van der Waals surface area contributed by atoms with Crippen LogP contribution in [0.25, 0.3) is 0 Å². The lowest BCUT2D eigenvalue weighted by Gasteiger charge is -2.32. The van der Waals surface area contributed by atoms with Gasteiger partial charge in [-0.3, -0.25) is 4.90 Å². The van der Waals surface area contributed by atoms with Gasteiger partial charge in [-0.2, -0.15) is 0 Å². The molecule has 1 aliphatic rings. The van der Waals surface area contributed by atoms with E-state index in [-0.39, 0.29) is 6.10 Å². The second-order valence-corrected chi connectivity index (χ2v) is 6.37. The average molecular weight is 322 g/mol. The molecule has 0 aromatic heterocycles. The molecule has 1 fully saturated rings. The summed E-state index contributed by atoms with van der Waals surface area (Å²) < 4.78 is 10.8. The number of rotatable bonds is 8. The van der Waals surface area contributed by atoms with Gasteiger partial charge in [0.15, 0.2) is 0 Å². The number of ether oxygens (including phenoxy) is 2. The summed E-state index contributed by atoms with van der Waals surface area (Å²) in [6.07, 6.45) is 0.573. The van der Waals surface area contributed by atoms with E-state index in [2.05, 4.69) is 29.8 Å². The SMILES string of the molecule is COc1ccccc1CC(C)N(C)CC(O)CN1CCOCC1. The minimum atomic E-state index is -0.335. The van der Waals surface area contributed by atoms with E-state index in [1.807, 2.05) is 18.2 Å². The summed E-state index contributed by atoms with van der Waals surface area (Å²) in [4.78, 5) is 4.49. The van der Waals surface area contributed by atoms with Crippen LogP contribution in [0.3, 0.4) is 0 Å². The van der Waals surface area contributed by atoms with Crippen LogP contribution in [0, 0.1) is 0 Å². The van der Waals surface area contributed by atoms with Crippen molar-refractivity contribution in [3.05, 3.63) is 29.8 Å². The van der Waals surface area contributed by atoms with Crippen molar-refractivity contribution in [2.24, 2.45) is 0 Å². The molecule has 23 heavy (non-hydrogen) atoms. The number of aliphatic hydroxyl groups excluding tert-OH is 1. The first-order valence-corrected chi connectivity index (χ1v) is 8.40. The van der Waals surface area contributed by atoms with Gasteiger partial charge < -0.3 is 19.5 Å². The van der Waals surface area contributed by atoms with Crippen molar-refractivity contribution in [1.82, 2.24) is 9.80 Å². The van der Waals surface area contributed by atoms with Crippen LogP contribution in [0.4, 0.5) is 0 Å². The Morgan fingerprint density at radius 2 is 2.00 bits per heavy atom. The second kappa shape index (κ2) is 9.23. The standard InChI is InChI=1S/C18H30N2O3/c1-15(12-16-6-4-5-7-18(16)22-3)19(2)13-17(21)14-20-8-10-23-11-9-20/h4-7,15,17,21H,8-14H2,1-3H3. The van der Waals surface area contributed by atoms with Crippen LogP contribution in [0.5, 0.6) is 5.75 Å². The average Bonchev–Trinajstić information content (AvgIpc) is 2.56. The summed E-state index contributed by atoms with van der Waals surface area (Å²) in [6.45, 7) is 6.95. The summed E-state index contributed by atoms with van der Waals surface area (Å²) in [5.41, 5.74) is 1.21. The summed E-state index contributed by atoms with van der Waals surface area (Å²) >= 11 is 0. The first kappa shape index (κ1) is 18.2. The molecule has 0 aliphatic carbocycles. The van der Waals surface area contributed by atoms with E-state index in [1.54, 1.807) is 7.11 Å². The number of morpholine rings is 1. The second-order valence-electron chi connectivity index (χ2n) is 6.37. The smallest absolute Gasteiger partial charge is 0.122 e. The Balaban J connectivity index is 1.80. The van der Waals surface area contributed by atoms with Crippen molar-refractivity contribution < 1.29 is 14.6 Å². The Hall–Kier alpha value is -1.14. The Kier molecular flexibility index (Phi) is 7.30. The van der Waals surface area contributed by atoms with Gasteiger partial charge in [-0.25, -0.2) is 0 Å². The van der Waals surface area contributed by atoms with Gasteiger partial charge in [-0.15, -0.1) is 0 Å². The molecule has 5 nitrogen and oxygen atoms in total. The highest BCUT2D eigenvalue weighted by Crippen LogP contribution is 2.20. The van der Waals surface area contributed by atoms with Crippen molar-refractivity contribution >= 4 is 0 Å². The van der Waals surface area contributed by atoms with Gasteiger partial charge in [0.25, 0.3) is 0 Å². The lowest BCUT2D eigenvalue weighted by Crippen LogP contribution is -2.45. The van der Waals surface area contributed by atoms with Crippen molar-refractivity contribution in [1.29, 1.82) is 0 Å².